The monoisotopic (exact) mass is 351 g/mol. The number of nitrogen functional groups attached to an aromatic ring is 1. The van der Waals surface area contributed by atoms with E-state index in [1.165, 1.54) is 17.7 Å². The van der Waals surface area contributed by atoms with Crippen LogP contribution >= 0.6 is 0 Å². The number of hydrogen-bond donors (Lipinski definition) is 2. The van der Waals surface area contributed by atoms with Crippen LogP contribution in [0.1, 0.15) is 55.0 Å². The molecule has 0 unspecified atom stereocenters. The van der Waals surface area contributed by atoms with Gasteiger partial charge in [0.1, 0.15) is 5.82 Å². The first-order valence-electron chi connectivity index (χ1n) is 8.85. The summed E-state index contributed by atoms with van der Waals surface area (Å²) < 4.78 is 15.1. The molecule has 5 nitrogen and oxygen atoms in total. The van der Waals surface area contributed by atoms with E-state index in [1.807, 2.05) is 4.68 Å². The average Bonchev–Trinajstić information content (AvgIpc) is 3.01. The fourth-order valence-corrected chi connectivity index (χ4v) is 3.49. The molecule has 0 bridgehead atoms. The lowest BCUT2D eigenvalue weighted by Crippen LogP contribution is -2.28. The highest BCUT2D eigenvalue weighted by atomic mass is 19.1. The van der Waals surface area contributed by atoms with E-state index in [0.717, 1.165) is 17.5 Å². The molecule has 1 aliphatic heterocycles. The predicted octanol–water partition coefficient (Wildman–Crippen LogP) is 4.27. The van der Waals surface area contributed by atoms with Gasteiger partial charge in [-0.2, -0.15) is 4.98 Å². The molecule has 26 heavy (non-hydrogen) atoms. The topological polar surface area (TPSA) is 68.8 Å². The Morgan fingerprint density at radius 3 is 2.38 bits per heavy atom. The Morgan fingerprint density at radius 1 is 1.08 bits per heavy atom. The summed E-state index contributed by atoms with van der Waals surface area (Å²) in [5.41, 5.74) is 9.31. The van der Waals surface area contributed by atoms with Gasteiger partial charge in [-0.25, -0.2) is 9.07 Å². The molecular weight excluding hydrogens is 329 g/mol. The Kier molecular flexibility index (Phi) is 4.11. The smallest absolute Gasteiger partial charge is 0.241 e. The van der Waals surface area contributed by atoms with E-state index in [4.69, 9.17) is 5.73 Å². The summed E-state index contributed by atoms with van der Waals surface area (Å²) in [6, 6.07) is 15.2. The van der Waals surface area contributed by atoms with Gasteiger partial charge in [0, 0.05) is 0 Å². The summed E-state index contributed by atoms with van der Waals surface area (Å²) in [5, 5.41) is 7.74. The second-order valence-electron chi connectivity index (χ2n) is 7.06. The van der Waals surface area contributed by atoms with Crippen molar-refractivity contribution in [3.8, 4) is 0 Å². The molecule has 1 aromatic heterocycles. The Labute approximate surface area is 152 Å². The molecule has 1 aliphatic rings. The number of benzene rings is 2. The van der Waals surface area contributed by atoms with Crippen LogP contribution in [0.15, 0.2) is 48.5 Å². The number of rotatable bonds is 3. The zero-order chi connectivity index (χ0) is 18.3. The van der Waals surface area contributed by atoms with Crippen molar-refractivity contribution < 1.29 is 4.39 Å². The number of hydrogen-bond acceptors (Lipinski definition) is 4. The molecular formula is C20H22FN5. The van der Waals surface area contributed by atoms with Gasteiger partial charge in [-0.1, -0.05) is 50.2 Å². The highest BCUT2D eigenvalue weighted by molar-refractivity contribution is 5.42. The van der Waals surface area contributed by atoms with E-state index in [9.17, 15) is 4.39 Å². The molecule has 2 atom stereocenters. The number of halogens is 1. The van der Waals surface area contributed by atoms with E-state index < -0.39 is 0 Å². The molecule has 134 valence electrons. The van der Waals surface area contributed by atoms with Gasteiger partial charge in [0.25, 0.3) is 0 Å². The summed E-state index contributed by atoms with van der Waals surface area (Å²) in [4.78, 5) is 4.31. The lowest BCUT2D eigenvalue weighted by Gasteiger charge is -2.31. The molecule has 0 amide bonds. The van der Waals surface area contributed by atoms with Crippen molar-refractivity contribution in [2.75, 3.05) is 11.1 Å². The van der Waals surface area contributed by atoms with E-state index in [1.54, 1.807) is 12.1 Å². The first-order chi connectivity index (χ1) is 12.5. The van der Waals surface area contributed by atoms with Crippen LogP contribution in [0.25, 0.3) is 0 Å². The van der Waals surface area contributed by atoms with Crippen molar-refractivity contribution in [3.05, 3.63) is 71.0 Å². The van der Waals surface area contributed by atoms with E-state index in [0.29, 0.717) is 11.9 Å². The van der Waals surface area contributed by atoms with Crippen LogP contribution in [0.2, 0.25) is 0 Å². The fourth-order valence-electron chi connectivity index (χ4n) is 3.49. The highest BCUT2D eigenvalue weighted by Crippen LogP contribution is 2.38. The molecule has 4 rings (SSSR count). The number of fused-ring (bicyclic) bond motifs is 1. The van der Waals surface area contributed by atoms with Gasteiger partial charge in [-0.15, -0.1) is 5.10 Å². The number of aromatic nitrogens is 3. The summed E-state index contributed by atoms with van der Waals surface area (Å²) in [7, 11) is 0. The van der Waals surface area contributed by atoms with Crippen molar-refractivity contribution in [2.45, 2.75) is 38.3 Å². The largest absolute Gasteiger partial charge is 0.366 e. The number of nitrogens with zero attached hydrogens (tertiary/aromatic N) is 3. The summed E-state index contributed by atoms with van der Waals surface area (Å²) >= 11 is 0. The Balaban J connectivity index is 1.71. The average molecular weight is 351 g/mol. The molecule has 3 N–H and O–H groups in total. The van der Waals surface area contributed by atoms with Crippen LogP contribution in [0, 0.1) is 5.82 Å². The molecule has 0 saturated carbocycles. The van der Waals surface area contributed by atoms with Gasteiger partial charge in [-0.3, -0.25) is 0 Å². The Hall–Kier alpha value is -2.89. The maximum Gasteiger partial charge on any atom is 0.241 e. The summed E-state index contributed by atoms with van der Waals surface area (Å²) in [6.07, 6.45) is 0.780. The molecule has 6 heteroatoms. The minimum Gasteiger partial charge on any atom is -0.366 e. The second kappa shape index (κ2) is 6.44. The first-order valence-corrected chi connectivity index (χ1v) is 8.85. The lowest BCUT2D eigenvalue weighted by molar-refractivity contribution is 0.431. The molecule has 2 aromatic carbocycles. The second-order valence-corrected chi connectivity index (χ2v) is 7.06. The number of nitrogens with two attached hydrogens (primary N) is 1. The minimum atomic E-state index is -0.238. The van der Waals surface area contributed by atoms with Crippen LogP contribution in [-0.4, -0.2) is 14.8 Å². The minimum absolute atomic E-state index is 0.0153. The molecule has 0 radical (unpaired) electrons. The maximum absolute atomic E-state index is 13.3. The molecule has 3 aromatic rings. The van der Waals surface area contributed by atoms with Gasteiger partial charge in [0.05, 0.1) is 12.1 Å². The molecule has 2 heterocycles. The zero-order valence-corrected chi connectivity index (χ0v) is 14.9. The number of nitrogens with one attached hydrogen (secondary N) is 1. The third kappa shape index (κ3) is 3.03. The van der Waals surface area contributed by atoms with Crippen LogP contribution < -0.4 is 11.1 Å². The number of anilines is 2. The van der Waals surface area contributed by atoms with Gasteiger partial charge in [0.2, 0.25) is 11.9 Å². The van der Waals surface area contributed by atoms with Crippen molar-refractivity contribution in [1.82, 2.24) is 14.8 Å². The maximum atomic E-state index is 13.3. The summed E-state index contributed by atoms with van der Waals surface area (Å²) in [6.45, 7) is 4.36. The van der Waals surface area contributed by atoms with E-state index in [2.05, 4.69) is 53.5 Å². The van der Waals surface area contributed by atoms with Gasteiger partial charge < -0.3 is 11.1 Å². The SMILES string of the molecule is CC(C)c1ccc([C@H]2C[C@@H](c3ccc(F)cc3)Nc3nc(N)nn32)cc1. The Bertz CT molecular complexity index is 899. The molecule has 0 saturated heterocycles. The van der Waals surface area contributed by atoms with E-state index >= 15 is 0 Å². The van der Waals surface area contributed by atoms with Crippen LogP contribution in [0.5, 0.6) is 0 Å². The Morgan fingerprint density at radius 2 is 1.73 bits per heavy atom. The zero-order valence-electron chi connectivity index (χ0n) is 14.9. The normalized spacial score (nSPS) is 19.2. The third-order valence-corrected chi connectivity index (χ3v) is 4.97. The fraction of sp³-hybridized carbons (Fsp3) is 0.300. The van der Waals surface area contributed by atoms with Crippen molar-refractivity contribution in [3.63, 3.8) is 0 Å². The van der Waals surface area contributed by atoms with Crippen LogP contribution in [-0.2, 0) is 0 Å². The third-order valence-electron chi connectivity index (χ3n) is 4.97. The van der Waals surface area contributed by atoms with Gasteiger partial charge >= 0.3 is 0 Å². The summed E-state index contributed by atoms with van der Waals surface area (Å²) in [5.74, 6) is 1.14. The standard InChI is InChI=1S/C20H22FN5/c1-12(2)13-3-5-15(6-4-13)18-11-17(14-7-9-16(21)10-8-14)23-20-24-19(22)25-26(18)20/h3-10,12,17-18H,11H2,1-2H3,(H3,22,23,24,25)/t17-,18+/m0/s1. The molecule has 0 aliphatic carbocycles. The van der Waals surface area contributed by atoms with Crippen LogP contribution in [0.3, 0.4) is 0 Å². The predicted molar refractivity (Wildman–Crippen MR) is 100 cm³/mol. The van der Waals surface area contributed by atoms with E-state index in [-0.39, 0.29) is 23.8 Å². The van der Waals surface area contributed by atoms with Crippen molar-refractivity contribution >= 4 is 11.9 Å². The van der Waals surface area contributed by atoms with Crippen LogP contribution in [0.4, 0.5) is 16.3 Å². The van der Waals surface area contributed by atoms with Crippen molar-refractivity contribution in [1.29, 1.82) is 0 Å². The first kappa shape index (κ1) is 16.6. The van der Waals surface area contributed by atoms with Crippen molar-refractivity contribution in [2.24, 2.45) is 0 Å². The lowest BCUT2D eigenvalue weighted by atomic mass is 9.92. The molecule has 0 spiro atoms. The highest BCUT2D eigenvalue weighted by Gasteiger charge is 2.30. The quantitative estimate of drug-likeness (QED) is 0.739. The van der Waals surface area contributed by atoms with Gasteiger partial charge in [0.15, 0.2) is 0 Å². The van der Waals surface area contributed by atoms with Gasteiger partial charge in [-0.05, 0) is 41.2 Å². The molecule has 0 fully saturated rings.